The number of rotatable bonds is 5. The molecule has 0 aromatic carbocycles. The minimum atomic E-state index is -0.0544. The number of thiazole rings is 1. The normalized spacial score (nSPS) is 10.3. The summed E-state index contributed by atoms with van der Waals surface area (Å²) in [7, 11) is 0. The zero-order valence-corrected chi connectivity index (χ0v) is 11.0. The highest BCUT2D eigenvalue weighted by molar-refractivity contribution is 7.07. The molecular weight excluding hydrogens is 252 g/mol. The first-order valence-electron chi connectivity index (χ1n) is 5.55. The van der Waals surface area contributed by atoms with Gasteiger partial charge in [-0.25, -0.2) is 9.97 Å². The van der Waals surface area contributed by atoms with Crippen molar-refractivity contribution in [2.24, 2.45) is 0 Å². The van der Waals surface area contributed by atoms with Crippen LogP contribution in [0.2, 0.25) is 0 Å². The lowest BCUT2D eigenvalue weighted by molar-refractivity contribution is 0.324. The van der Waals surface area contributed by atoms with Crippen LogP contribution < -0.4 is 14.9 Å². The van der Waals surface area contributed by atoms with E-state index in [9.17, 15) is 4.79 Å². The molecule has 0 amide bonds. The maximum atomic E-state index is 11.0. The summed E-state index contributed by atoms with van der Waals surface area (Å²) in [5.74, 6) is 1.29. The van der Waals surface area contributed by atoms with Gasteiger partial charge in [-0.15, -0.1) is 0 Å². The molecule has 2 aromatic rings. The van der Waals surface area contributed by atoms with Crippen LogP contribution in [0.25, 0.3) is 0 Å². The Kier molecular flexibility index (Phi) is 3.93. The fraction of sp³-hybridized carbons (Fsp3) is 0.364. The Bertz CT molecular complexity index is 578. The zero-order valence-electron chi connectivity index (χ0n) is 10.2. The molecule has 0 spiro atoms. The van der Waals surface area contributed by atoms with E-state index in [2.05, 4.69) is 20.3 Å². The highest BCUT2D eigenvalue weighted by atomic mass is 32.1. The third-order valence-corrected chi connectivity index (χ3v) is 3.05. The van der Waals surface area contributed by atoms with Crippen LogP contribution in [0.1, 0.15) is 18.2 Å². The second kappa shape index (κ2) is 5.63. The molecule has 18 heavy (non-hydrogen) atoms. The number of nitrogens with zero attached hydrogens (tertiary/aromatic N) is 2. The summed E-state index contributed by atoms with van der Waals surface area (Å²) in [4.78, 5) is 21.9. The first kappa shape index (κ1) is 12.6. The van der Waals surface area contributed by atoms with Crippen molar-refractivity contribution < 1.29 is 4.74 Å². The Hall–Kier alpha value is -1.89. The molecule has 0 saturated heterocycles. The van der Waals surface area contributed by atoms with Gasteiger partial charge in [-0.05, 0) is 13.8 Å². The SMILES string of the molecule is CCOc1ncnc(NCc2csc(=O)[nH]2)c1C. The van der Waals surface area contributed by atoms with Gasteiger partial charge in [-0.1, -0.05) is 11.3 Å². The summed E-state index contributed by atoms with van der Waals surface area (Å²) in [6, 6.07) is 0. The molecule has 0 aliphatic carbocycles. The summed E-state index contributed by atoms with van der Waals surface area (Å²) >= 11 is 1.15. The molecule has 0 aliphatic rings. The van der Waals surface area contributed by atoms with Gasteiger partial charge in [0.1, 0.15) is 12.1 Å². The van der Waals surface area contributed by atoms with Crippen molar-refractivity contribution in [2.75, 3.05) is 11.9 Å². The van der Waals surface area contributed by atoms with Crippen LogP contribution in [-0.2, 0) is 6.54 Å². The van der Waals surface area contributed by atoms with Gasteiger partial charge in [0, 0.05) is 11.1 Å². The molecule has 2 rings (SSSR count). The van der Waals surface area contributed by atoms with Crippen molar-refractivity contribution in [3.8, 4) is 5.88 Å². The maximum Gasteiger partial charge on any atom is 0.304 e. The summed E-state index contributed by atoms with van der Waals surface area (Å²) < 4.78 is 5.39. The van der Waals surface area contributed by atoms with Gasteiger partial charge in [0.2, 0.25) is 5.88 Å². The third-order valence-electron chi connectivity index (χ3n) is 2.34. The standard InChI is InChI=1S/C11H14N4O2S/c1-3-17-10-7(2)9(13-6-14-10)12-4-8-5-18-11(16)15-8/h5-6H,3-4H2,1-2H3,(H,15,16)(H,12,13,14). The number of aromatic nitrogens is 3. The first-order valence-corrected chi connectivity index (χ1v) is 6.43. The monoisotopic (exact) mass is 266 g/mol. The number of hydrogen-bond acceptors (Lipinski definition) is 6. The molecular formula is C11H14N4O2S. The van der Waals surface area contributed by atoms with E-state index >= 15 is 0 Å². The van der Waals surface area contributed by atoms with Crippen molar-refractivity contribution in [1.29, 1.82) is 0 Å². The van der Waals surface area contributed by atoms with Crippen molar-refractivity contribution in [1.82, 2.24) is 15.0 Å². The van der Waals surface area contributed by atoms with Gasteiger partial charge in [0.25, 0.3) is 0 Å². The highest BCUT2D eigenvalue weighted by Crippen LogP contribution is 2.20. The van der Waals surface area contributed by atoms with Gasteiger partial charge < -0.3 is 15.0 Å². The molecule has 7 heteroatoms. The fourth-order valence-electron chi connectivity index (χ4n) is 1.47. The van der Waals surface area contributed by atoms with Crippen LogP contribution in [0, 0.1) is 6.92 Å². The molecule has 96 valence electrons. The number of aromatic amines is 1. The molecule has 6 nitrogen and oxygen atoms in total. The van der Waals surface area contributed by atoms with Crippen molar-refractivity contribution in [2.45, 2.75) is 20.4 Å². The van der Waals surface area contributed by atoms with E-state index in [1.165, 1.54) is 6.33 Å². The molecule has 2 aromatic heterocycles. The molecule has 2 N–H and O–H groups in total. The van der Waals surface area contributed by atoms with Crippen molar-refractivity contribution in [3.63, 3.8) is 0 Å². The van der Waals surface area contributed by atoms with E-state index in [0.717, 1.165) is 22.6 Å². The average molecular weight is 266 g/mol. The van der Waals surface area contributed by atoms with Gasteiger partial charge in [0.15, 0.2) is 0 Å². The first-order chi connectivity index (χ1) is 8.70. The van der Waals surface area contributed by atoms with E-state index in [-0.39, 0.29) is 4.87 Å². The van der Waals surface area contributed by atoms with Crippen LogP contribution in [0.15, 0.2) is 16.5 Å². The lowest BCUT2D eigenvalue weighted by Crippen LogP contribution is -2.07. The van der Waals surface area contributed by atoms with Gasteiger partial charge in [-0.2, -0.15) is 0 Å². The maximum absolute atomic E-state index is 11.0. The van der Waals surface area contributed by atoms with Gasteiger partial charge >= 0.3 is 4.87 Å². The highest BCUT2D eigenvalue weighted by Gasteiger charge is 2.07. The molecule has 0 fully saturated rings. The van der Waals surface area contributed by atoms with E-state index in [1.54, 1.807) is 5.38 Å². The minimum Gasteiger partial charge on any atom is -0.478 e. The van der Waals surface area contributed by atoms with Crippen LogP contribution in [0.3, 0.4) is 0 Å². The minimum absolute atomic E-state index is 0.0544. The summed E-state index contributed by atoms with van der Waals surface area (Å²) in [6.45, 7) is 4.88. The van der Waals surface area contributed by atoms with Crippen molar-refractivity contribution >= 4 is 17.2 Å². The quantitative estimate of drug-likeness (QED) is 0.858. The third kappa shape index (κ3) is 2.86. The van der Waals surface area contributed by atoms with Crippen LogP contribution in [-0.4, -0.2) is 21.6 Å². The Morgan fingerprint density at radius 2 is 2.33 bits per heavy atom. The number of anilines is 1. The number of hydrogen-bond donors (Lipinski definition) is 2. The molecule has 0 saturated carbocycles. The predicted octanol–water partition coefficient (Wildman–Crippen LogP) is 1.55. The van der Waals surface area contributed by atoms with Gasteiger partial charge in [-0.3, -0.25) is 4.79 Å². The Labute approximate surface area is 108 Å². The second-order valence-electron chi connectivity index (χ2n) is 3.61. The Morgan fingerprint density at radius 1 is 1.50 bits per heavy atom. The topological polar surface area (TPSA) is 79.9 Å². The zero-order chi connectivity index (χ0) is 13.0. The van der Waals surface area contributed by atoms with Gasteiger partial charge in [0.05, 0.1) is 18.7 Å². The summed E-state index contributed by atoms with van der Waals surface area (Å²) in [6.07, 6.45) is 1.46. The lowest BCUT2D eigenvalue weighted by Gasteiger charge is -2.10. The van der Waals surface area contributed by atoms with Crippen LogP contribution in [0.5, 0.6) is 5.88 Å². The second-order valence-corrected chi connectivity index (χ2v) is 4.45. The molecule has 2 heterocycles. The molecule has 0 aliphatic heterocycles. The fourth-order valence-corrected chi connectivity index (χ4v) is 2.06. The van der Waals surface area contributed by atoms with E-state index < -0.39 is 0 Å². The van der Waals surface area contributed by atoms with Crippen LogP contribution in [0.4, 0.5) is 5.82 Å². The van der Waals surface area contributed by atoms with Crippen molar-refractivity contribution in [3.05, 3.63) is 32.6 Å². The van der Waals surface area contributed by atoms with E-state index in [4.69, 9.17) is 4.74 Å². The average Bonchev–Trinajstić information content (AvgIpc) is 2.77. The molecule has 0 unspecified atom stereocenters. The molecule has 0 bridgehead atoms. The number of ether oxygens (including phenoxy) is 1. The lowest BCUT2D eigenvalue weighted by atomic mass is 10.3. The van der Waals surface area contributed by atoms with Crippen LogP contribution >= 0.6 is 11.3 Å². The Balaban J connectivity index is 2.09. The molecule has 0 radical (unpaired) electrons. The summed E-state index contributed by atoms with van der Waals surface area (Å²) in [5, 5.41) is 4.93. The smallest absolute Gasteiger partial charge is 0.304 e. The Morgan fingerprint density at radius 3 is 3.00 bits per heavy atom. The van der Waals surface area contributed by atoms with E-state index in [0.29, 0.717) is 24.8 Å². The van der Waals surface area contributed by atoms with E-state index in [1.807, 2.05) is 13.8 Å². The number of nitrogens with one attached hydrogen (secondary N) is 2. The predicted molar refractivity (Wildman–Crippen MR) is 70.2 cm³/mol. The molecule has 0 atom stereocenters. The number of H-pyrrole nitrogens is 1. The summed E-state index contributed by atoms with van der Waals surface area (Å²) in [5.41, 5.74) is 1.69. The largest absolute Gasteiger partial charge is 0.478 e.